The van der Waals surface area contributed by atoms with E-state index < -0.39 is 0 Å². The second kappa shape index (κ2) is 5.48. The van der Waals surface area contributed by atoms with Crippen LogP contribution in [0.25, 0.3) is 11.0 Å². The molecule has 0 aromatic carbocycles. The lowest BCUT2D eigenvalue weighted by atomic mass is 10.2. The van der Waals surface area contributed by atoms with Crippen LogP contribution in [0.1, 0.15) is 31.5 Å². The minimum Gasteiger partial charge on any atom is -0.376 e. The van der Waals surface area contributed by atoms with Crippen LogP contribution in [0, 0.1) is 6.92 Å². The number of hydrogen-bond donors (Lipinski definition) is 1. The smallest absolute Gasteiger partial charge is 0.244 e. The second-order valence-corrected chi connectivity index (χ2v) is 5.61. The molecule has 0 unspecified atom stereocenters. The molecule has 1 aliphatic rings. The molecule has 3 heterocycles. The number of rotatable bonds is 4. The average molecular weight is 291 g/mol. The zero-order valence-corrected chi connectivity index (χ0v) is 12.7. The highest BCUT2D eigenvalue weighted by Gasteiger charge is 2.21. The number of carbonyl (C=O) groups excluding carboxylic acids is 1. The van der Waals surface area contributed by atoms with Gasteiger partial charge in [-0.15, -0.1) is 0 Å². The minimum atomic E-state index is -0.349. The first-order chi connectivity index (χ1) is 10.1. The lowest BCUT2D eigenvalue weighted by Crippen LogP contribution is -2.36. The van der Waals surface area contributed by atoms with E-state index in [9.17, 15) is 4.79 Å². The normalized spacial score (nSPS) is 20.0. The van der Waals surface area contributed by atoms with E-state index >= 15 is 0 Å². The SMILES string of the molecule is Cc1nn(C)c2cn([C@@H](C)C(=O)NC[C@H]3CCCO3)nc12. The molecule has 2 atom stereocenters. The molecule has 1 amide bonds. The number of nitrogens with zero attached hydrogens (tertiary/aromatic N) is 4. The van der Waals surface area contributed by atoms with E-state index in [4.69, 9.17) is 4.74 Å². The monoisotopic (exact) mass is 291 g/mol. The minimum absolute atomic E-state index is 0.0380. The summed E-state index contributed by atoms with van der Waals surface area (Å²) in [6, 6.07) is -0.349. The molecule has 2 aromatic rings. The van der Waals surface area contributed by atoms with E-state index in [0.29, 0.717) is 6.54 Å². The summed E-state index contributed by atoms with van der Waals surface area (Å²) >= 11 is 0. The van der Waals surface area contributed by atoms with Crippen LogP contribution in [-0.4, -0.2) is 44.7 Å². The van der Waals surface area contributed by atoms with E-state index in [-0.39, 0.29) is 18.1 Å². The van der Waals surface area contributed by atoms with Crippen molar-refractivity contribution in [3.63, 3.8) is 0 Å². The Hall–Kier alpha value is -1.89. The molecule has 1 fully saturated rings. The van der Waals surface area contributed by atoms with Gasteiger partial charge in [0.05, 0.1) is 18.0 Å². The molecule has 7 heteroatoms. The van der Waals surface area contributed by atoms with Crippen molar-refractivity contribution in [1.82, 2.24) is 24.9 Å². The van der Waals surface area contributed by atoms with Gasteiger partial charge in [-0.05, 0) is 26.7 Å². The molecular weight excluding hydrogens is 270 g/mol. The van der Waals surface area contributed by atoms with Gasteiger partial charge < -0.3 is 10.1 Å². The number of aryl methyl sites for hydroxylation is 2. The third-order valence-electron chi connectivity index (χ3n) is 4.01. The first-order valence-corrected chi connectivity index (χ1v) is 7.34. The molecule has 1 aliphatic heterocycles. The Labute approximate surface area is 123 Å². The van der Waals surface area contributed by atoms with Gasteiger partial charge in [0.15, 0.2) is 0 Å². The summed E-state index contributed by atoms with van der Waals surface area (Å²) in [7, 11) is 1.88. The molecule has 1 N–H and O–H groups in total. The van der Waals surface area contributed by atoms with Gasteiger partial charge in [0, 0.05) is 20.2 Å². The zero-order chi connectivity index (χ0) is 15.0. The van der Waals surface area contributed by atoms with Crippen LogP contribution in [0.2, 0.25) is 0 Å². The Bertz CT molecular complexity index is 619. The number of aromatic nitrogens is 4. The first-order valence-electron chi connectivity index (χ1n) is 7.34. The van der Waals surface area contributed by atoms with Gasteiger partial charge in [-0.25, -0.2) is 0 Å². The summed E-state index contributed by atoms with van der Waals surface area (Å²) in [5, 5.41) is 11.7. The standard InChI is InChI=1S/C14H21N5O2/c1-9-13-12(18(3)16-9)8-19(17-13)10(2)14(20)15-7-11-5-4-6-21-11/h8,10-11H,4-7H2,1-3H3,(H,15,20)/t10-,11+/m0/s1. The predicted octanol–water partition coefficient (Wildman–Crippen LogP) is 0.934. The number of carbonyl (C=O) groups is 1. The topological polar surface area (TPSA) is 74.0 Å². The Kier molecular flexibility index (Phi) is 3.67. The molecule has 21 heavy (non-hydrogen) atoms. The lowest BCUT2D eigenvalue weighted by molar-refractivity contribution is -0.124. The van der Waals surface area contributed by atoms with Crippen LogP contribution in [0.4, 0.5) is 0 Å². The summed E-state index contributed by atoms with van der Waals surface area (Å²) in [4.78, 5) is 12.2. The number of ether oxygens (including phenoxy) is 1. The third-order valence-corrected chi connectivity index (χ3v) is 4.01. The first kappa shape index (κ1) is 14.1. The predicted molar refractivity (Wildman–Crippen MR) is 77.9 cm³/mol. The van der Waals surface area contributed by atoms with Crippen molar-refractivity contribution in [2.45, 2.75) is 38.8 Å². The molecule has 0 radical (unpaired) electrons. The molecule has 0 spiro atoms. The second-order valence-electron chi connectivity index (χ2n) is 5.61. The fraction of sp³-hybridized carbons (Fsp3) is 0.643. The molecule has 3 rings (SSSR count). The number of amides is 1. The van der Waals surface area contributed by atoms with Crippen molar-refractivity contribution >= 4 is 16.9 Å². The fourth-order valence-electron chi connectivity index (χ4n) is 2.69. The Balaban J connectivity index is 1.68. The quantitative estimate of drug-likeness (QED) is 0.909. The highest BCUT2D eigenvalue weighted by molar-refractivity contribution is 5.81. The van der Waals surface area contributed by atoms with Crippen LogP contribution in [0.5, 0.6) is 0 Å². The Morgan fingerprint density at radius 2 is 2.38 bits per heavy atom. The van der Waals surface area contributed by atoms with Crippen molar-refractivity contribution in [1.29, 1.82) is 0 Å². The summed E-state index contributed by atoms with van der Waals surface area (Å²) in [6.45, 7) is 5.14. The maximum atomic E-state index is 12.2. The van der Waals surface area contributed by atoms with E-state index in [1.54, 1.807) is 9.36 Å². The van der Waals surface area contributed by atoms with Gasteiger partial charge >= 0.3 is 0 Å². The van der Waals surface area contributed by atoms with Crippen LogP contribution in [-0.2, 0) is 16.6 Å². The van der Waals surface area contributed by atoms with Crippen molar-refractivity contribution in [2.24, 2.45) is 7.05 Å². The van der Waals surface area contributed by atoms with Gasteiger partial charge in [0.1, 0.15) is 17.1 Å². The van der Waals surface area contributed by atoms with Crippen LogP contribution in [0.15, 0.2) is 6.20 Å². The van der Waals surface area contributed by atoms with E-state index in [1.807, 2.05) is 27.1 Å². The van der Waals surface area contributed by atoms with Crippen molar-refractivity contribution < 1.29 is 9.53 Å². The van der Waals surface area contributed by atoms with Gasteiger partial charge in [0.2, 0.25) is 5.91 Å². The molecule has 7 nitrogen and oxygen atoms in total. The summed E-state index contributed by atoms with van der Waals surface area (Å²) < 4.78 is 8.99. The summed E-state index contributed by atoms with van der Waals surface area (Å²) in [6.07, 6.45) is 4.12. The highest BCUT2D eigenvalue weighted by atomic mass is 16.5. The van der Waals surface area contributed by atoms with Crippen LogP contribution in [0.3, 0.4) is 0 Å². The number of nitrogens with one attached hydrogen (secondary N) is 1. The van der Waals surface area contributed by atoms with E-state index in [1.165, 1.54) is 0 Å². The van der Waals surface area contributed by atoms with Crippen LogP contribution < -0.4 is 5.32 Å². The Morgan fingerprint density at radius 3 is 3.05 bits per heavy atom. The van der Waals surface area contributed by atoms with E-state index in [0.717, 1.165) is 36.2 Å². The molecular formula is C14H21N5O2. The molecule has 114 valence electrons. The average Bonchev–Trinajstić information content (AvgIpc) is 3.16. The summed E-state index contributed by atoms with van der Waals surface area (Å²) in [5.74, 6) is -0.0380. The van der Waals surface area contributed by atoms with Gasteiger partial charge in [-0.3, -0.25) is 14.2 Å². The van der Waals surface area contributed by atoms with Crippen LogP contribution >= 0.6 is 0 Å². The molecule has 0 aliphatic carbocycles. The lowest BCUT2D eigenvalue weighted by Gasteiger charge is -2.15. The third kappa shape index (κ3) is 2.65. The van der Waals surface area contributed by atoms with Crippen molar-refractivity contribution in [3.8, 4) is 0 Å². The largest absolute Gasteiger partial charge is 0.376 e. The molecule has 0 saturated carbocycles. The number of hydrogen-bond acceptors (Lipinski definition) is 4. The van der Waals surface area contributed by atoms with Gasteiger partial charge in [0.25, 0.3) is 0 Å². The fourth-order valence-corrected chi connectivity index (χ4v) is 2.69. The maximum absolute atomic E-state index is 12.2. The van der Waals surface area contributed by atoms with Crippen molar-refractivity contribution in [3.05, 3.63) is 11.9 Å². The maximum Gasteiger partial charge on any atom is 0.244 e. The summed E-state index contributed by atoms with van der Waals surface area (Å²) in [5.41, 5.74) is 2.65. The van der Waals surface area contributed by atoms with Crippen molar-refractivity contribution in [2.75, 3.05) is 13.2 Å². The molecule has 1 saturated heterocycles. The number of fused-ring (bicyclic) bond motifs is 1. The van der Waals surface area contributed by atoms with Gasteiger partial charge in [-0.1, -0.05) is 0 Å². The van der Waals surface area contributed by atoms with Gasteiger partial charge in [-0.2, -0.15) is 10.2 Å². The molecule has 2 aromatic heterocycles. The molecule has 0 bridgehead atoms. The Morgan fingerprint density at radius 1 is 1.57 bits per heavy atom. The highest BCUT2D eigenvalue weighted by Crippen LogP contribution is 2.18. The van der Waals surface area contributed by atoms with E-state index in [2.05, 4.69) is 15.5 Å². The zero-order valence-electron chi connectivity index (χ0n) is 12.7.